The fraction of sp³-hybridized carbons (Fsp3) is 0.958. The van der Waals surface area contributed by atoms with Crippen LogP contribution < -0.4 is 21.5 Å². The third-order valence-electron chi connectivity index (χ3n) is 6.33. The molecule has 0 radical (unpaired) electrons. The summed E-state index contributed by atoms with van der Waals surface area (Å²) >= 11 is 0. The summed E-state index contributed by atoms with van der Waals surface area (Å²) in [6, 6.07) is 1.07. The van der Waals surface area contributed by atoms with Crippen molar-refractivity contribution in [3.05, 3.63) is 0 Å². The number of hydrogen-bond acceptors (Lipinski definition) is 9. The van der Waals surface area contributed by atoms with Gasteiger partial charge in [-0.1, -0.05) is 51.9 Å². The number of phosphoric acid groups is 1. The molecule has 11 nitrogen and oxygen atoms in total. The molecule has 0 amide bonds. The molecule has 0 aliphatic heterocycles. The van der Waals surface area contributed by atoms with Crippen LogP contribution in [-0.4, -0.2) is 77.3 Å². The van der Waals surface area contributed by atoms with Crippen LogP contribution in [0.3, 0.4) is 0 Å². The van der Waals surface area contributed by atoms with Crippen molar-refractivity contribution in [1.29, 1.82) is 0 Å². The molecule has 0 saturated heterocycles. The Balaban J connectivity index is -0.000000473. The first kappa shape index (κ1) is 41.5. The summed E-state index contributed by atoms with van der Waals surface area (Å²) in [6.45, 7) is 3.37. The Hall–Kier alpha value is 0.0683. The summed E-state index contributed by atoms with van der Waals surface area (Å²) in [7, 11) is -1.60. The number of aliphatic carboxylic acids is 1. The number of nitrogens with zero attached hydrogens (tertiary/aromatic N) is 1. The van der Waals surface area contributed by atoms with E-state index in [1.54, 1.807) is 0 Å². The Morgan fingerprint density at radius 1 is 1.00 bits per heavy atom. The zero-order chi connectivity index (χ0) is 28.0. The van der Waals surface area contributed by atoms with Crippen molar-refractivity contribution in [2.45, 2.75) is 114 Å². The Labute approximate surface area is 238 Å². The number of carbonyl (C=O) groups excluding carboxylic acids is 1. The summed E-state index contributed by atoms with van der Waals surface area (Å²) in [5.74, 6) is -1.35. The number of aliphatic hydroxyl groups excluding tert-OH is 1. The van der Waals surface area contributed by atoms with Gasteiger partial charge in [-0.15, -0.1) is 0 Å². The second-order valence-electron chi connectivity index (χ2n) is 9.69. The summed E-state index contributed by atoms with van der Waals surface area (Å²) in [5, 5.41) is 20.0. The molecule has 7 N–H and O–H groups in total. The SMILES string of the molecule is CCCCN(C)CCCC(CO)(OC)C(=O)[O-].NC1CCCCC1.NC1CCCCC1.O=P([O-])(O)O.[Pt+2]. The maximum absolute atomic E-state index is 10.9. The van der Waals surface area contributed by atoms with Gasteiger partial charge in [0.05, 0.1) is 12.6 Å². The van der Waals surface area contributed by atoms with Crippen LogP contribution in [0, 0.1) is 0 Å². The predicted octanol–water partition coefficient (Wildman–Crippen LogP) is 0.618. The molecule has 226 valence electrons. The zero-order valence-corrected chi connectivity index (χ0v) is 26.1. The second kappa shape index (κ2) is 25.1. The molecule has 0 spiro atoms. The number of carboxylic acids is 1. The first-order valence-corrected chi connectivity index (χ1v) is 14.7. The van der Waals surface area contributed by atoms with E-state index < -0.39 is 26.0 Å². The Bertz CT molecular complexity index is 546. The molecule has 0 aromatic heterocycles. The third kappa shape index (κ3) is 27.4. The van der Waals surface area contributed by atoms with E-state index in [1.165, 1.54) is 71.3 Å². The van der Waals surface area contributed by atoms with Gasteiger partial charge in [-0.3, -0.25) is 4.57 Å². The largest absolute Gasteiger partial charge is 2.00 e. The molecular weight excluding hydrogens is 684 g/mol. The van der Waals surface area contributed by atoms with Crippen LogP contribution in [0.2, 0.25) is 0 Å². The maximum atomic E-state index is 10.9. The van der Waals surface area contributed by atoms with Gasteiger partial charge in [-0.05, 0) is 65.1 Å². The smallest absolute Gasteiger partial charge is 0.756 e. The number of rotatable bonds is 10. The average molecular weight is 737 g/mol. The van der Waals surface area contributed by atoms with E-state index in [4.69, 9.17) is 40.6 Å². The molecule has 0 heterocycles. The number of carbonyl (C=O) groups is 1. The van der Waals surface area contributed by atoms with Crippen molar-refractivity contribution >= 4 is 13.8 Å². The molecule has 0 aromatic rings. The molecule has 2 aliphatic rings. The number of ether oxygens (including phenoxy) is 1. The first-order chi connectivity index (χ1) is 16.8. The average Bonchev–Trinajstić information content (AvgIpc) is 2.81. The van der Waals surface area contributed by atoms with E-state index in [9.17, 15) is 9.90 Å². The van der Waals surface area contributed by atoms with E-state index in [1.807, 2.05) is 7.05 Å². The molecule has 2 rings (SSSR count). The molecule has 1 unspecified atom stereocenters. The van der Waals surface area contributed by atoms with E-state index in [0.29, 0.717) is 18.5 Å². The molecule has 13 heteroatoms. The van der Waals surface area contributed by atoms with Crippen LogP contribution in [0.1, 0.15) is 96.8 Å². The van der Waals surface area contributed by atoms with Crippen molar-refractivity contribution in [3.8, 4) is 0 Å². The minimum absolute atomic E-state index is 0. The molecule has 0 aromatic carbocycles. The Kier molecular flexibility index (Phi) is 28.1. The molecule has 2 fully saturated rings. The van der Waals surface area contributed by atoms with Crippen LogP contribution in [-0.2, 0) is 35.2 Å². The maximum Gasteiger partial charge on any atom is 2.00 e. The number of hydrogen-bond donors (Lipinski definition) is 5. The van der Waals surface area contributed by atoms with Gasteiger partial charge in [0.1, 0.15) is 5.60 Å². The normalized spacial score (nSPS) is 18.0. The molecule has 1 atom stereocenters. The van der Waals surface area contributed by atoms with Crippen molar-refractivity contribution in [3.63, 3.8) is 0 Å². The first-order valence-electron chi connectivity index (χ1n) is 13.1. The predicted molar refractivity (Wildman–Crippen MR) is 138 cm³/mol. The number of nitrogens with two attached hydrogens (primary N) is 2. The summed E-state index contributed by atoms with van der Waals surface area (Å²) in [4.78, 5) is 36.0. The van der Waals surface area contributed by atoms with Crippen molar-refractivity contribution in [2.24, 2.45) is 11.5 Å². The fourth-order valence-electron chi connectivity index (χ4n) is 3.94. The minimum atomic E-state index is -4.89. The van der Waals surface area contributed by atoms with E-state index in [2.05, 4.69) is 11.8 Å². The Morgan fingerprint density at radius 3 is 1.62 bits per heavy atom. The van der Waals surface area contributed by atoms with Gasteiger partial charge in [0.15, 0.2) is 0 Å². The molecule has 2 aliphatic carbocycles. The van der Waals surface area contributed by atoms with Gasteiger partial charge in [0.25, 0.3) is 7.82 Å². The van der Waals surface area contributed by atoms with Crippen LogP contribution in [0.4, 0.5) is 0 Å². The van der Waals surface area contributed by atoms with Gasteiger partial charge in [-0.25, -0.2) is 0 Å². The van der Waals surface area contributed by atoms with Gasteiger partial charge in [0, 0.05) is 19.2 Å². The zero-order valence-electron chi connectivity index (χ0n) is 22.9. The monoisotopic (exact) mass is 736 g/mol. The van der Waals surface area contributed by atoms with Gasteiger partial charge in [-0.2, -0.15) is 0 Å². The van der Waals surface area contributed by atoms with Crippen LogP contribution >= 0.6 is 7.82 Å². The molecular formula is C24H52N3O8PPt. The van der Waals surface area contributed by atoms with Gasteiger partial charge in [0.2, 0.25) is 0 Å². The van der Waals surface area contributed by atoms with Crippen molar-refractivity contribution in [2.75, 3.05) is 33.9 Å². The summed E-state index contributed by atoms with van der Waals surface area (Å²) < 4.78 is 13.7. The quantitative estimate of drug-likeness (QED) is 0.197. The fourth-order valence-corrected chi connectivity index (χ4v) is 3.94. The number of carboxylic acid groups (broad SMARTS) is 1. The Morgan fingerprint density at radius 2 is 1.38 bits per heavy atom. The molecule has 2 saturated carbocycles. The third-order valence-corrected chi connectivity index (χ3v) is 6.33. The number of unbranched alkanes of at least 4 members (excludes halogenated alkanes) is 1. The van der Waals surface area contributed by atoms with E-state index in [0.717, 1.165) is 25.9 Å². The topological polar surface area (TPSA) is 205 Å². The number of aliphatic hydroxyl groups is 1. The van der Waals surface area contributed by atoms with Crippen molar-refractivity contribution < 1.29 is 60.1 Å². The molecule has 0 bridgehead atoms. The van der Waals surface area contributed by atoms with Gasteiger partial charge < -0.3 is 50.8 Å². The standard InChI is InChI=1S/C12H25NO4.2C6H13N.H3O4P.Pt/c1-4-5-8-13(2)9-6-7-12(10-14,17-3)11(15)16;2*7-6-4-2-1-3-5-6;1-5(2,3)4;/h14H,4-10H2,1-3H3,(H,15,16);2*6H,1-5,7H2;(H3,1,2,3,4);/q;;;;+2/p-2. The second-order valence-corrected chi connectivity index (χ2v) is 10.7. The van der Waals surface area contributed by atoms with Crippen LogP contribution in [0.25, 0.3) is 0 Å². The van der Waals surface area contributed by atoms with E-state index >= 15 is 0 Å². The van der Waals surface area contributed by atoms with Gasteiger partial charge >= 0.3 is 21.1 Å². The van der Waals surface area contributed by atoms with E-state index in [-0.39, 0.29) is 27.5 Å². The summed E-state index contributed by atoms with van der Waals surface area (Å²) in [6.07, 6.45) is 16.5. The minimum Gasteiger partial charge on any atom is -0.756 e. The van der Waals surface area contributed by atoms with Crippen LogP contribution in [0.5, 0.6) is 0 Å². The van der Waals surface area contributed by atoms with Crippen molar-refractivity contribution in [1.82, 2.24) is 4.90 Å². The van der Waals surface area contributed by atoms with Crippen LogP contribution in [0.15, 0.2) is 0 Å². The number of methoxy groups -OCH3 is 1. The summed E-state index contributed by atoms with van der Waals surface area (Å²) in [5.41, 5.74) is 9.72. The molecule has 37 heavy (non-hydrogen) atoms.